The van der Waals surface area contributed by atoms with Gasteiger partial charge in [0.15, 0.2) is 31.3 Å². The zero-order valence-corrected chi connectivity index (χ0v) is 45.0. The van der Waals surface area contributed by atoms with E-state index in [1.165, 1.54) is 6.92 Å². The number of carboxylic acid groups (broad SMARTS) is 1. The molecule has 8 fully saturated rings. The number of ether oxygens (including phenoxy) is 8. The van der Waals surface area contributed by atoms with Gasteiger partial charge in [-0.25, -0.2) is 4.79 Å². The number of rotatable bonds is 11. The number of carboxylic acids is 1. The molecule has 0 amide bonds. The fourth-order valence-electron chi connectivity index (χ4n) is 16.5. The Bertz CT molecular complexity index is 2150. The van der Waals surface area contributed by atoms with E-state index in [2.05, 4.69) is 26.8 Å². The molecular formula is C53H86O24. The Morgan fingerprint density at radius 2 is 1.26 bits per heavy atom. The number of aliphatic carboxylic acids is 1. The lowest BCUT2D eigenvalue weighted by Crippen LogP contribution is -2.71. The second-order valence-corrected chi connectivity index (χ2v) is 26.1. The number of aliphatic hydroxyl groups excluding tert-OH is 14. The zero-order valence-electron chi connectivity index (χ0n) is 45.0. The summed E-state index contributed by atoms with van der Waals surface area (Å²) in [4.78, 5) is 13.1. The third-order valence-electron chi connectivity index (χ3n) is 21.4. The molecule has 0 aromatic heterocycles. The highest BCUT2D eigenvalue weighted by Gasteiger charge is 2.73. The average molecular weight is 1110 g/mol. The molecule has 0 aromatic carbocycles. The van der Waals surface area contributed by atoms with Crippen molar-refractivity contribution in [1.29, 1.82) is 0 Å². The van der Waals surface area contributed by atoms with Crippen molar-refractivity contribution in [1.82, 2.24) is 0 Å². The van der Waals surface area contributed by atoms with E-state index in [1.54, 1.807) is 0 Å². The van der Waals surface area contributed by atoms with Crippen molar-refractivity contribution in [3.8, 4) is 0 Å². The van der Waals surface area contributed by atoms with Gasteiger partial charge in [0, 0.05) is 0 Å². The smallest absolute Gasteiger partial charge is 0.335 e. The van der Waals surface area contributed by atoms with Crippen molar-refractivity contribution in [2.45, 2.75) is 241 Å². The maximum Gasteiger partial charge on any atom is 0.335 e. The molecule has 0 aromatic rings. The second-order valence-electron chi connectivity index (χ2n) is 26.1. The largest absolute Gasteiger partial charge is 0.479 e. The summed E-state index contributed by atoms with van der Waals surface area (Å²) >= 11 is 0. The van der Waals surface area contributed by atoms with Gasteiger partial charge in [-0.3, -0.25) is 0 Å². The first kappa shape index (κ1) is 59.9. The zero-order chi connectivity index (χ0) is 56.6. The molecule has 0 bridgehead atoms. The van der Waals surface area contributed by atoms with Crippen LogP contribution in [-0.2, 0) is 42.7 Å². The molecule has 4 saturated carbocycles. The van der Waals surface area contributed by atoms with Gasteiger partial charge in [-0.15, -0.1) is 0 Å². The second kappa shape index (κ2) is 21.2. The number of fused-ring (bicyclic) bond motifs is 7. The highest BCUT2D eigenvalue weighted by molar-refractivity contribution is 5.73. The lowest BCUT2D eigenvalue weighted by molar-refractivity contribution is -0.400. The predicted octanol–water partition coefficient (Wildman–Crippen LogP) is -2.89. The molecule has 77 heavy (non-hydrogen) atoms. The lowest BCUT2D eigenvalue weighted by Gasteiger charge is -2.72. The Balaban J connectivity index is 1.03. The van der Waals surface area contributed by atoms with E-state index in [4.69, 9.17) is 37.9 Å². The van der Waals surface area contributed by atoms with Crippen LogP contribution < -0.4 is 0 Å². The van der Waals surface area contributed by atoms with Gasteiger partial charge in [0.05, 0.1) is 55.8 Å². The van der Waals surface area contributed by atoms with Crippen molar-refractivity contribution in [2.75, 3.05) is 19.8 Å². The van der Waals surface area contributed by atoms with Gasteiger partial charge in [0.1, 0.15) is 79.4 Å². The molecule has 15 N–H and O–H groups in total. The number of carbonyl (C=O) groups is 1. The van der Waals surface area contributed by atoms with E-state index in [0.717, 1.165) is 5.57 Å². The van der Waals surface area contributed by atoms with Crippen molar-refractivity contribution < 1.29 is 119 Å². The fourth-order valence-corrected chi connectivity index (χ4v) is 16.5. The predicted molar refractivity (Wildman–Crippen MR) is 260 cm³/mol. The van der Waals surface area contributed by atoms with Crippen molar-refractivity contribution >= 4 is 5.97 Å². The topological polar surface area (TPSA) is 394 Å². The van der Waals surface area contributed by atoms with Crippen LogP contribution in [0.2, 0.25) is 0 Å². The van der Waals surface area contributed by atoms with Crippen LogP contribution in [0.3, 0.4) is 0 Å². The lowest BCUT2D eigenvalue weighted by atomic mass is 9.33. The molecule has 4 aliphatic heterocycles. The number of allylic oxidation sites excluding steroid dienone is 2. The third kappa shape index (κ3) is 9.31. The van der Waals surface area contributed by atoms with E-state index < -0.39 is 195 Å². The first-order valence-electron chi connectivity index (χ1n) is 27.4. The van der Waals surface area contributed by atoms with Crippen molar-refractivity contribution in [2.24, 2.45) is 50.2 Å². The number of aliphatic hydroxyl groups is 14. The molecule has 442 valence electrons. The Hall–Kier alpha value is -1.67. The Kier molecular flexibility index (Phi) is 16.5. The van der Waals surface area contributed by atoms with E-state index in [-0.39, 0.29) is 29.1 Å². The Morgan fingerprint density at radius 1 is 0.636 bits per heavy atom. The summed E-state index contributed by atoms with van der Waals surface area (Å²) in [5.41, 5.74) is -3.04. The highest BCUT2D eigenvalue weighted by atomic mass is 16.8. The molecule has 4 heterocycles. The van der Waals surface area contributed by atoms with E-state index >= 15 is 0 Å². The molecule has 0 radical (unpaired) electrons. The minimum atomic E-state index is -2.19. The molecule has 24 heteroatoms. The van der Waals surface area contributed by atoms with Gasteiger partial charge in [-0.1, -0.05) is 60.1 Å². The summed E-state index contributed by atoms with van der Waals surface area (Å²) in [6.45, 7) is 14.1. The summed E-state index contributed by atoms with van der Waals surface area (Å²) in [6.07, 6.45) is -32.9. The molecule has 4 saturated heterocycles. The SMILES string of the molecule is C[C@@H]1O[C@@H](O[C@H]2[C@H](O[C@H]3[C@H](O)[C@@H](C(=O)O)O[C@@H](O[C@H]4CC[C@]5(C)[C@H]6CC=C7[C@@H]8CC(C)(C)[C@@H](O)[C@H](O)[C@]8(CO)[C@H](O)C[C@@]7(C)[C@]6(C)CC[C@H]5C4(C)C)[C@@H]3O[C@@H]3O[C@H](CO)[C@H](O)[C@H](O)[C@H]3O)OC[C@H](O)[C@@H]2O)[C@H](O)[C@H](O)[C@H]1O. The average Bonchev–Trinajstić information content (AvgIpc) is 3.51. The van der Waals surface area contributed by atoms with Gasteiger partial charge < -0.3 is 114 Å². The molecule has 24 nitrogen and oxygen atoms in total. The summed E-state index contributed by atoms with van der Waals surface area (Å²) in [5, 5.41) is 166. The van der Waals surface area contributed by atoms with Gasteiger partial charge in [0.25, 0.3) is 0 Å². The molecule has 5 aliphatic carbocycles. The maximum absolute atomic E-state index is 13.1. The van der Waals surface area contributed by atoms with Crippen LogP contribution in [0.25, 0.3) is 0 Å². The van der Waals surface area contributed by atoms with Crippen LogP contribution in [0.15, 0.2) is 11.6 Å². The molecular weight excluding hydrogens is 1020 g/mol. The van der Waals surface area contributed by atoms with Crippen LogP contribution in [0.5, 0.6) is 0 Å². The monoisotopic (exact) mass is 1110 g/mol. The van der Waals surface area contributed by atoms with Crippen molar-refractivity contribution in [3.05, 3.63) is 11.6 Å². The standard InChI is InChI=1S/C53H86O24/c1-20-29(58)32(61)34(63)44(71-20)76-39-30(59)23(56)18-70-46(39)74-37-36(65)38(43(68)69)75-47(40(37)77-45-35(64)33(62)31(60)24(17-54)72-45)73-28-12-13-50(6)25(49(28,4)5)11-14-51(7)26(50)10-9-21-22-15-48(2,3)41(66)42(67)53(22,19-55)27(57)16-52(21,51)8/h9,20,22-42,44-47,54-67H,10-19H2,1-8H3,(H,68,69)/t20-,22-,23-,24+,25-,26+,27+,28-,29-,30-,31-,32+,33-,34+,35+,36-,37-,38-,39+,40+,41-,42-,44-,45-,46-,47+,50-,51+,52+,53-/m0/s1. The van der Waals surface area contributed by atoms with Crippen LogP contribution in [-0.4, -0.2) is 244 Å². The third-order valence-corrected chi connectivity index (χ3v) is 21.4. The quantitative estimate of drug-likeness (QED) is 0.0729. The maximum atomic E-state index is 13.1. The normalized spacial score (nSPS) is 55.4. The Morgan fingerprint density at radius 3 is 1.90 bits per heavy atom. The Labute approximate surface area is 447 Å². The summed E-state index contributed by atoms with van der Waals surface area (Å²) < 4.78 is 48.8. The number of hydrogen-bond donors (Lipinski definition) is 15. The molecule has 9 aliphatic rings. The molecule has 9 rings (SSSR count). The van der Waals surface area contributed by atoms with Gasteiger partial charge in [-0.05, 0) is 96.7 Å². The first-order chi connectivity index (χ1) is 35.9. The van der Waals surface area contributed by atoms with Crippen LogP contribution in [0.1, 0.15) is 100 Å². The summed E-state index contributed by atoms with van der Waals surface area (Å²) in [7, 11) is 0. The molecule has 30 atom stereocenters. The minimum Gasteiger partial charge on any atom is -0.479 e. The first-order valence-corrected chi connectivity index (χ1v) is 27.4. The van der Waals surface area contributed by atoms with E-state index in [9.17, 15) is 81.4 Å². The fraction of sp³-hybridized carbons (Fsp3) is 0.943. The van der Waals surface area contributed by atoms with E-state index in [0.29, 0.717) is 38.5 Å². The van der Waals surface area contributed by atoms with E-state index in [1.807, 2.05) is 27.7 Å². The summed E-state index contributed by atoms with van der Waals surface area (Å²) in [6, 6.07) is 0. The van der Waals surface area contributed by atoms with Crippen LogP contribution in [0, 0.1) is 50.2 Å². The van der Waals surface area contributed by atoms with Crippen LogP contribution >= 0.6 is 0 Å². The molecule has 0 spiro atoms. The van der Waals surface area contributed by atoms with Gasteiger partial charge in [0.2, 0.25) is 0 Å². The number of hydrogen-bond acceptors (Lipinski definition) is 23. The summed E-state index contributed by atoms with van der Waals surface area (Å²) in [5.74, 6) is -2.09. The van der Waals surface area contributed by atoms with Crippen LogP contribution in [0.4, 0.5) is 0 Å². The minimum absolute atomic E-state index is 0.0531. The highest BCUT2D eigenvalue weighted by Crippen LogP contribution is 2.76. The van der Waals surface area contributed by atoms with Gasteiger partial charge in [-0.2, -0.15) is 0 Å². The molecule has 0 unspecified atom stereocenters. The van der Waals surface area contributed by atoms with Crippen molar-refractivity contribution in [3.63, 3.8) is 0 Å². The van der Waals surface area contributed by atoms with Gasteiger partial charge >= 0.3 is 5.97 Å².